The smallest absolute Gasteiger partial charge is 0.414 e. The van der Waals surface area contributed by atoms with E-state index in [9.17, 15) is 4.79 Å². The number of hydrogen-bond acceptors (Lipinski definition) is 4. The van der Waals surface area contributed by atoms with Gasteiger partial charge in [-0.2, -0.15) is 0 Å². The molecule has 5 heteroatoms. The third-order valence-electron chi connectivity index (χ3n) is 3.65. The van der Waals surface area contributed by atoms with E-state index in [1.54, 1.807) is 24.3 Å². The number of methoxy groups -OCH3 is 1. The lowest BCUT2D eigenvalue weighted by atomic mass is 10.2. The average molecular weight is 325 g/mol. The van der Waals surface area contributed by atoms with Gasteiger partial charge in [0.25, 0.3) is 0 Å². The average Bonchev–Trinajstić information content (AvgIpc) is 2.64. The minimum absolute atomic E-state index is 0.234. The zero-order chi connectivity index (χ0) is 16.8. The van der Waals surface area contributed by atoms with E-state index in [4.69, 9.17) is 14.2 Å². The van der Waals surface area contributed by atoms with E-state index >= 15 is 0 Å². The maximum atomic E-state index is 12.5. The molecule has 5 nitrogen and oxygen atoms in total. The van der Waals surface area contributed by atoms with E-state index in [2.05, 4.69) is 0 Å². The van der Waals surface area contributed by atoms with Crippen molar-refractivity contribution >= 4 is 11.8 Å². The Morgan fingerprint density at radius 2 is 1.96 bits per heavy atom. The van der Waals surface area contributed by atoms with E-state index in [1.807, 2.05) is 54.6 Å². The Labute approximate surface area is 141 Å². The maximum Gasteiger partial charge on any atom is 0.414 e. The van der Waals surface area contributed by atoms with Gasteiger partial charge in [-0.1, -0.05) is 42.5 Å². The summed E-state index contributed by atoms with van der Waals surface area (Å²) in [6.07, 6.45) is 2.63. The van der Waals surface area contributed by atoms with Crippen LogP contribution >= 0.6 is 0 Å². The molecule has 0 bridgehead atoms. The SMILES string of the molecule is COC=C[C@H]1CN(C(=O)OCc2ccccc2)c2ccccc2O1. The van der Waals surface area contributed by atoms with E-state index in [0.29, 0.717) is 18.0 Å². The molecule has 24 heavy (non-hydrogen) atoms. The number of carbonyl (C=O) groups is 1. The van der Waals surface area contributed by atoms with Gasteiger partial charge in [0.2, 0.25) is 0 Å². The van der Waals surface area contributed by atoms with Crippen molar-refractivity contribution in [1.29, 1.82) is 0 Å². The highest BCUT2D eigenvalue weighted by molar-refractivity contribution is 5.90. The standard InChI is InChI=1S/C19H19NO4/c1-22-12-11-16-13-20(17-9-5-6-10-18(17)24-16)19(21)23-14-15-7-3-2-4-8-15/h2-12,16H,13-14H2,1H3/t16-/m0/s1. The molecule has 2 aromatic carbocycles. The maximum absolute atomic E-state index is 12.5. The molecule has 0 N–H and O–H groups in total. The largest absolute Gasteiger partial charge is 0.505 e. The Morgan fingerprint density at radius 3 is 2.75 bits per heavy atom. The molecule has 0 radical (unpaired) electrons. The summed E-state index contributed by atoms with van der Waals surface area (Å²) >= 11 is 0. The van der Waals surface area contributed by atoms with Crippen LogP contribution in [-0.2, 0) is 16.1 Å². The summed E-state index contributed by atoms with van der Waals surface area (Å²) in [7, 11) is 1.57. The van der Waals surface area contributed by atoms with Gasteiger partial charge in [-0.15, -0.1) is 0 Å². The molecule has 0 aromatic heterocycles. The fourth-order valence-electron chi connectivity index (χ4n) is 2.49. The Kier molecular flexibility index (Phi) is 5.01. The molecule has 1 heterocycles. The molecule has 0 saturated carbocycles. The number of anilines is 1. The molecule has 0 aliphatic carbocycles. The molecule has 3 rings (SSSR count). The molecule has 1 atom stereocenters. The number of ether oxygens (including phenoxy) is 3. The first kappa shape index (κ1) is 15.9. The Morgan fingerprint density at radius 1 is 1.21 bits per heavy atom. The van der Waals surface area contributed by atoms with Gasteiger partial charge < -0.3 is 14.2 Å². The number of amides is 1. The molecular weight excluding hydrogens is 306 g/mol. The fraction of sp³-hybridized carbons (Fsp3) is 0.211. The third-order valence-corrected chi connectivity index (χ3v) is 3.65. The van der Waals surface area contributed by atoms with Crippen molar-refractivity contribution < 1.29 is 19.0 Å². The second-order valence-corrected chi connectivity index (χ2v) is 5.34. The molecule has 1 aliphatic heterocycles. The summed E-state index contributed by atoms with van der Waals surface area (Å²) in [4.78, 5) is 14.1. The first-order valence-corrected chi connectivity index (χ1v) is 7.71. The molecule has 2 aromatic rings. The minimum atomic E-state index is -0.398. The summed E-state index contributed by atoms with van der Waals surface area (Å²) in [5.74, 6) is 0.645. The van der Waals surface area contributed by atoms with Crippen LogP contribution in [0.4, 0.5) is 10.5 Å². The van der Waals surface area contributed by atoms with Crippen LogP contribution in [0.25, 0.3) is 0 Å². The van der Waals surface area contributed by atoms with Crippen LogP contribution in [0.1, 0.15) is 5.56 Å². The summed E-state index contributed by atoms with van der Waals surface area (Å²) in [6.45, 7) is 0.599. The van der Waals surface area contributed by atoms with Gasteiger partial charge in [-0.25, -0.2) is 4.79 Å². The van der Waals surface area contributed by atoms with Crippen molar-refractivity contribution in [3.05, 3.63) is 72.5 Å². The first-order chi connectivity index (χ1) is 11.8. The topological polar surface area (TPSA) is 48.0 Å². The second-order valence-electron chi connectivity index (χ2n) is 5.34. The normalized spacial score (nSPS) is 16.4. The highest BCUT2D eigenvalue weighted by atomic mass is 16.6. The summed E-state index contributed by atoms with van der Waals surface area (Å²) in [6, 6.07) is 17.0. The molecule has 0 spiro atoms. The van der Waals surface area contributed by atoms with Crippen molar-refractivity contribution in [3.63, 3.8) is 0 Å². The van der Waals surface area contributed by atoms with Gasteiger partial charge >= 0.3 is 6.09 Å². The number of carbonyl (C=O) groups excluding carboxylic acids is 1. The zero-order valence-corrected chi connectivity index (χ0v) is 13.4. The third kappa shape index (κ3) is 3.68. The van der Waals surface area contributed by atoms with Gasteiger partial charge in [0.15, 0.2) is 0 Å². The molecule has 1 aliphatic rings. The Balaban J connectivity index is 1.74. The van der Waals surface area contributed by atoms with Crippen molar-refractivity contribution in [2.45, 2.75) is 12.7 Å². The van der Waals surface area contributed by atoms with Gasteiger partial charge in [-0.05, 0) is 23.8 Å². The number of nitrogens with zero attached hydrogens (tertiary/aromatic N) is 1. The van der Waals surface area contributed by atoms with Crippen LogP contribution in [0.3, 0.4) is 0 Å². The lowest BCUT2D eigenvalue weighted by Gasteiger charge is -2.32. The number of para-hydroxylation sites is 2. The highest BCUT2D eigenvalue weighted by Crippen LogP contribution is 2.33. The minimum Gasteiger partial charge on any atom is -0.505 e. The second kappa shape index (κ2) is 7.55. The molecule has 124 valence electrons. The van der Waals surface area contributed by atoms with E-state index in [0.717, 1.165) is 5.56 Å². The van der Waals surface area contributed by atoms with Crippen LogP contribution < -0.4 is 9.64 Å². The lowest BCUT2D eigenvalue weighted by Crippen LogP contribution is -2.43. The fourth-order valence-corrected chi connectivity index (χ4v) is 2.49. The predicted molar refractivity (Wildman–Crippen MR) is 91.0 cm³/mol. The molecule has 0 saturated heterocycles. The van der Waals surface area contributed by atoms with Gasteiger partial charge in [-0.3, -0.25) is 4.90 Å². The van der Waals surface area contributed by atoms with E-state index in [1.165, 1.54) is 0 Å². The molecule has 0 unspecified atom stereocenters. The number of rotatable bonds is 4. The molecular formula is C19H19NO4. The van der Waals surface area contributed by atoms with Crippen molar-refractivity contribution in [2.75, 3.05) is 18.6 Å². The summed E-state index contributed by atoms with van der Waals surface area (Å²) in [5, 5.41) is 0. The molecule has 0 fully saturated rings. The van der Waals surface area contributed by atoms with Crippen LogP contribution in [0, 0.1) is 0 Å². The number of fused-ring (bicyclic) bond motifs is 1. The van der Waals surface area contributed by atoms with Crippen LogP contribution in [0.5, 0.6) is 5.75 Å². The first-order valence-electron chi connectivity index (χ1n) is 7.71. The van der Waals surface area contributed by atoms with Crippen molar-refractivity contribution in [3.8, 4) is 5.75 Å². The van der Waals surface area contributed by atoms with Crippen molar-refractivity contribution in [2.24, 2.45) is 0 Å². The van der Waals surface area contributed by atoms with Crippen LogP contribution in [0.2, 0.25) is 0 Å². The summed E-state index contributed by atoms with van der Waals surface area (Å²) in [5.41, 5.74) is 1.65. The van der Waals surface area contributed by atoms with Crippen molar-refractivity contribution in [1.82, 2.24) is 0 Å². The van der Waals surface area contributed by atoms with Crippen LogP contribution in [0.15, 0.2) is 66.9 Å². The van der Waals surface area contributed by atoms with Gasteiger partial charge in [0.1, 0.15) is 18.5 Å². The molecule has 1 amide bonds. The Bertz CT molecular complexity index is 714. The lowest BCUT2D eigenvalue weighted by molar-refractivity contribution is 0.140. The van der Waals surface area contributed by atoms with Gasteiger partial charge in [0, 0.05) is 0 Å². The zero-order valence-electron chi connectivity index (χ0n) is 13.4. The summed E-state index contributed by atoms with van der Waals surface area (Å²) < 4.78 is 16.3. The Hall–Kier alpha value is -2.95. The number of benzene rings is 2. The van der Waals surface area contributed by atoms with Gasteiger partial charge in [0.05, 0.1) is 25.6 Å². The highest BCUT2D eigenvalue weighted by Gasteiger charge is 2.29. The number of hydrogen-bond donors (Lipinski definition) is 0. The van der Waals surface area contributed by atoms with Crippen LogP contribution in [-0.4, -0.2) is 25.9 Å². The monoisotopic (exact) mass is 325 g/mol. The predicted octanol–water partition coefficient (Wildman–Crippen LogP) is 3.75. The van der Waals surface area contributed by atoms with E-state index in [-0.39, 0.29) is 12.7 Å². The quantitative estimate of drug-likeness (QED) is 0.803. The van der Waals surface area contributed by atoms with E-state index < -0.39 is 6.09 Å².